The second-order valence-electron chi connectivity index (χ2n) is 5.25. The van der Waals surface area contributed by atoms with Gasteiger partial charge in [-0.2, -0.15) is 5.10 Å². The second-order valence-corrected chi connectivity index (χ2v) is 5.25. The molecule has 0 bridgehead atoms. The lowest BCUT2D eigenvalue weighted by Gasteiger charge is -2.32. The molecule has 6 heteroatoms. The summed E-state index contributed by atoms with van der Waals surface area (Å²) in [6.07, 6.45) is 4.44. The lowest BCUT2D eigenvalue weighted by molar-refractivity contribution is -0.133. The topological polar surface area (TPSA) is 71.0 Å². The molecule has 0 aromatic rings. The molecule has 0 aromatic heterocycles. The van der Waals surface area contributed by atoms with Crippen LogP contribution in [0, 0.1) is 0 Å². The SMILES string of the molecule is CCOC1CCN(C(=O)CCC2=NNC(=O)CC2)CC1. The van der Waals surface area contributed by atoms with Gasteiger partial charge in [0.05, 0.1) is 6.10 Å². The van der Waals surface area contributed by atoms with Crippen LogP contribution in [0.3, 0.4) is 0 Å². The Hall–Kier alpha value is -1.43. The highest BCUT2D eigenvalue weighted by molar-refractivity contribution is 5.94. The van der Waals surface area contributed by atoms with E-state index in [2.05, 4.69) is 10.5 Å². The Morgan fingerprint density at radius 2 is 2.15 bits per heavy atom. The van der Waals surface area contributed by atoms with Gasteiger partial charge in [0.25, 0.3) is 0 Å². The van der Waals surface area contributed by atoms with Crippen molar-refractivity contribution in [1.29, 1.82) is 0 Å². The van der Waals surface area contributed by atoms with E-state index in [0.717, 1.165) is 38.2 Å². The van der Waals surface area contributed by atoms with Gasteiger partial charge in [-0.3, -0.25) is 9.59 Å². The summed E-state index contributed by atoms with van der Waals surface area (Å²) < 4.78 is 5.58. The van der Waals surface area contributed by atoms with E-state index >= 15 is 0 Å². The molecule has 0 aromatic carbocycles. The van der Waals surface area contributed by atoms with Crippen molar-refractivity contribution >= 4 is 17.5 Å². The fraction of sp³-hybridized carbons (Fsp3) is 0.786. The summed E-state index contributed by atoms with van der Waals surface area (Å²) in [5.74, 6) is 0.137. The number of amides is 2. The van der Waals surface area contributed by atoms with Crippen LogP contribution in [0.25, 0.3) is 0 Å². The van der Waals surface area contributed by atoms with Gasteiger partial charge in [-0.1, -0.05) is 0 Å². The van der Waals surface area contributed by atoms with Crippen molar-refractivity contribution in [2.45, 2.75) is 51.6 Å². The Labute approximate surface area is 119 Å². The number of carbonyl (C=O) groups is 2. The van der Waals surface area contributed by atoms with E-state index in [1.165, 1.54) is 0 Å². The normalized spacial score (nSPS) is 20.6. The van der Waals surface area contributed by atoms with Gasteiger partial charge in [-0.05, 0) is 32.6 Å². The maximum absolute atomic E-state index is 12.1. The fourth-order valence-electron chi connectivity index (χ4n) is 2.61. The van der Waals surface area contributed by atoms with Crippen LogP contribution >= 0.6 is 0 Å². The van der Waals surface area contributed by atoms with Crippen LogP contribution in [0.5, 0.6) is 0 Å². The lowest BCUT2D eigenvalue weighted by atomic mass is 10.0. The summed E-state index contributed by atoms with van der Waals surface area (Å²) in [6.45, 7) is 4.31. The standard InChI is InChI=1S/C14H23N3O3/c1-2-20-12-7-9-17(10-8-12)14(19)6-4-11-3-5-13(18)16-15-11/h12H,2-10H2,1H3,(H,16,18). The molecular formula is C14H23N3O3. The molecule has 0 unspecified atom stereocenters. The molecule has 2 rings (SSSR count). The molecule has 20 heavy (non-hydrogen) atoms. The van der Waals surface area contributed by atoms with Crippen LogP contribution in [0.2, 0.25) is 0 Å². The van der Waals surface area contributed by atoms with Crippen molar-refractivity contribution in [1.82, 2.24) is 10.3 Å². The maximum atomic E-state index is 12.1. The molecule has 2 heterocycles. The number of ether oxygens (including phenoxy) is 1. The maximum Gasteiger partial charge on any atom is 0.240 e. The minimum absolute atomic E-state index is 0.0435. The first kappa shape index (κ1) is 15.0. The largest absolute Gasteiger partial charge is 0.378 e. The predicted molar refractivity (Wildman–Crippen MR) is 75.3 cm³/mol. The summed E-state index contributed by atoms with van der Waals surface area (Å²) in [4.78, 5) is 25.0. The lowest BCUT2D eigenvalue weighted by Crippen LogP contribution is -2.41. The third kappa shape index (κ3) is 4.30. The highest BCUT2D eigenvalue weighted by atomic mass is 16.5. The molecular weight excluding hydrogens is 258 g/mol. The molecule has 2 aliphatic rings. The molecule has 6 nitrogen and oxygen atoms in total. The number of hydrazone groups is 1. The van der Waals surface area contributed by atoms with Gasteiger partial charge >= 0.3 is 0 Å². The first-order chi connectivity index (χ1) is 9.69. The van der Waals surface area contributed by atoms with Crippen molar-refractivity contribution in [2.75, 3.05) is 19.7 Å². The van der Waals surface area contributed by atoms with E-state index < -0.39 is 0 Å². The molecule has 2 aliphatic heterocycles. The van der Waals surface area contributed by atoms with Gasteiger partial charge < -0.3 is 9.64 Å². The predicted octanol–water partition coefficient (Wildman–Crippen LogP) is 1.06. The Balaban J connectivity index is 1.69. The van der Waals surface area contributed by atoms with Gasteiger partial charge in [0, 0.05) is 38.2 Å². The third-order valence-corrected chi connectivity index (χ3v) is 3.80. The number of hydrogen-bond acceptors (Lipinski definition) is 4. The number of nitrogens with zero attached hydrogens (tertiary/aromatic N) is 2. The molecule has 0 atom stereocenters. The summed E-state index contributed by atoms with van der Waals surface area (Å²) in [5, 5.41) is 3.99. The molecule has 0 aliphatic carbocycles. The Morgan fingerprint density at radius 3 is 2.75 bits per heavy atom. The van der Waals surface area contributed by atoms with Crippen molar-refractivity contribution in [3.8, 4) is 0 Å². The second kappa shape index (κ2) is 7.38. The van der Waals surface area contributed by atoms with E-state index in [0.29, 0.717) is 31.8 Å². The first-order valence-corrected chi connectivity index (χ1v) is 7.42. The van der Waals surface area contributed by atoms with Crippen LogP contribution in [-0.4, -0.2) is 48.2 Å². The minimum Gasteiger partial charge on any atom is -0.378 e. The van der Waals surface area contributed by atoms with Crippen LogP contribution < -0.4 is 5.43 Å². The van der Waals surface area contributed by atoms with Gasteiger partial charge in [0.2, 0.25) is 11.8 Å². The van der Waals surface area contributed by atoms with Crippen molar-refractivity contribution in [3.05, 3.63) is 0 Å². The average Bonchev–Trinajstić information content (AvgIpc) is 2.47. The number of nitrogens with one attached hydrogen (secondary N) is 1. The molecule has 0 saturated carbocycles. The van der Waals surface area contributed by atoms with Gasteiger partial charge in [-0.15, -0.1) is 0 Å². The Bertz CT molecular complexity index is 387. The van der Waals surface area contributed by atoms with Crippen LogP contribution in [0.15, 0.2) is 5.10 Å². The van der Waals surface area contributed by atoms with E-state index in [9.17, 15) is 9.59 Å². The molecule has 0 spiro atoms. The summed E-state index contributed by atoms with van der Waals surface area (Å²) >= 11 is 0. The zero-order valence-corrected chi connectivity index (χ0v) is 12.1. The monoisotopic (exact) mass is 281 g/mol. The van der Waals surface area contributed by atoms with Crippen molar-refractivity contribution < 1.29 is 14.3 Å². The van der Waals surface area contributed by atoms with E-state index in [4.69, 9.17) is 4.74 Å². The molecule has 1 N–H and O–H groups in total. The number of likely N-dealkylation sites (tertiary alicyclic amines) is 1. The average molecular weight is 281 g/mol. The van der Waals surface area contributed by atoms with Crippen LogP contribution in [-0.2, 0) is 14.3 Å². The van der Waals surface area contributed by atoms with E-state index in [1.807, 2.05) is 11.8 Å². The number of hydrogen-bond donors (Lipinski definition) is 1. The zero-order chi connectivity index (χ0) is 14.4. The van der Waals surface area contributed by atoms with Crippen LogP contribution in [0.1, 0.15) is 45.4 Å². The number of carbonyl (C=O) groups excluding carboxylic acids is 2. The number of piperidine rings is 1. The Morgan fingerprint density at radius 1 is 1.40 bits per heavy atom. The van der Waals surface area contributed by atoms with Crippen molar-refractivity contribution in [2.24, 2.45) is 5.10 Å². The molecule has 0 radical (unpaired) electrons. The van der Waals surface area contributed by atoms with Crippen LogP contribution in [0.4, 0.5) is 0 Å². The van der Waals surface area contributed by atoms with Gasteiger partial charge in [-0.25, -0.2) is 5.43 Å². The van der Waals surface area contributed by atoms with Gasteiger partial charge in [0.15, 0.2) is 0 Å². The molecule has 112 valence electrons. The fourth-order valence-corrected chi connectivity index (χ4v) is 2.61. The Kier molecular flexibility index (Phi) is 5.52. The summed E-state index contributed by atoms with van der Waals surface area (Å²) in [7, 11) is 0. The van der Waals surface area contributed by atoms with E-state index in [1.54, 1.807) is 0 Å². The molecule has 2 amide bonds. The third-order valence-electron chi connectivity index (χ3n) is 3.80. The number of rotatable bonds is 5. The summed E-state index contributed by atoms with van der Waals surface area (Å²) in [6, 6.07) is 0. The zero-order valence-electron chi connectivity index (χ0n) is 12.1. The molecule has 1 saturated heterocycles. The van der Waals surface area contributed by atoms with E-state index in [-0.39, 0.29) is 11.8 Å². The molecule has 1 fully saturated rings. The quantitative estimate of drug-likeness (QED) is 0.819. The highest BCUT2D eigenvalue weighted by Gasteiger charge is 2.23. The van der Waals surface area contributed by atoms with Crippen molar-refractivity contribution in [3.63, 3.8) is 0 Å². The highest BCUT2D eigenvalue weighted by Crippen LogP contribution is 2.15. The van der Waals surface area contributed by atoms with Gasteiger partial charge in [0.1, 0.15) is 0 Å². The smallest absolute Gasteiger partial charge is 0.240 e. The first-order valence-electron chi connectivity index (χ1n) is 7.42. The summed E-state index contributed by atoms with van der Waals surface area (Å²) in [5.41, 5.74) is 3.38. The minimum atomic E-state index is -0.0435.